The third-order valence-electron chi connectivity index (χ3n) is 4.07. The van der Waals surface area contributed by atoms with E-state index in [0.29, 0.717) is 30.4 Å². The van der Waals surface area contributed by atoms with E-state index in [-0.39, 0.29) is 11.8 Å². The van der Waals surface area contributed by atoms with Gasteiger partial charge in [0.25, 0.3) is 0 Å². The average Bonchev–Trinajstić information content (AvgIpc) is 2.55. The Balaban J connectivity index is 1.72. The number of pyridine rings is 1. The molecule has 1 fully saturated rings. The lowest BCUT2D eigenvalue weighted by Crippen LogP contribution is -2.43. The summed E-state index contributed by atoms with van der Waals surface area (Å²) in [6.45, 7) is 2.73. The van der Waals surface area contributed by atoms with E-state index < -0.39 is 10.0 Å². The van der Waals surface area contributed by atoms with E-state index in [0.717, 1.165) is 18.2 Å². The molecule has 0 aromatic carbocycles. The van der Waals surface area contributed by atoms with Crippen LogP contribution in [-0.2, 0) is 10.0 Å². The van der Waals surface area contributed by atoms with Crippen LogP contribution >= 0.6 is 0 Å². The molecule has 0 saturated carbocycles. The van der Waals surface area contributed by atoms with E-state index in [9.17, 15) is 8.42 Å². The maximum Gasteiger partial charge on any atom is 0.213 e. The molecular formula is C14H20N6O2S. The molecule has 1 aliphatic heterocycles. The van der Waals surface area contributed by atoms with Gasteiger partial charge < -0.3 is 11.1 Å². The van der Waals surface area contributed by atoms with Crippen molar-refractivity contribution in [1.29, 1.82) is 0 Å². The van der Waals surface area contributed by atoms with Gasteiger partial charge in [0.2, 0.25) is 10.0 Å². The van der Waals surface area contributed by atoms with Gasteiger partial charge in [0.1, 0.15) is 18.0 Å². The number of nitrogen functional groups attached to an aromatic ring is 1. The first-order chi connectivity index (χ1) is 11.0. The van der Waals surface area contributed by atoms with Gasteiger partial charge in [-0.25, -0.2) is 27.7 Å². The van der Waals surface area contributed by atoms with E-state index in [1.54, 1.807) is 17.3 Å². The number of sulfonamides is 1. The summed E-state index contributed by atoms with van der Waals surface area (Å²) in [4.78, 5) is 12.6. The quantitative estimate of drug-likeness (QED) is 0.850. The van der Waals surface area contributed by atoms with Gasteiger partial charge in [-0.15, -0.1) is 0 Å². The molecule has 0 radical (unpaired) electrons. The van der Waals surface area contributed by atoms with Crippen molar-refractivity contribution in [2.75, 3.05) is 29.9 Å². The van der Waals surface area contributed by atoms with Crippen molar-refractivity contribution in [3.8, 4) is 0 Å². The van der Waals surface area contributed by atoms with Crippen LogP contribution in [0.4, 0.5) is 11.6 Å². The number of nitrogens with one attached hydrogen (secondary N) is 1. The van der Waals surface area contributed by atoms with E-state index in [2.05, 4.69) is 20.3 Å². The SMILES string of the molecule is CCS(=O)(=O)N1CCC(Nc2ncnc3nc(N)ccc23)CC1. The normalized spacial score (nSPS) is 17.4. The van der Waals surface area contributed by atoms with Crippen LogP contribution in [0.3, 0.4) is 0 Å². The molecule has 0 spiro atoms. The summed E-state index contributed by atoms with van der Waals surface area (Å²) >= 11 is 0. The Morgan fingerprint density at radius 1 is 1.30 bits per heavy atom. The number of aromatic nitrogens is 3. The standard InChI is InChI=1S/C14H20N6O2S/c1-2-23(21,22)20-7-5-10(6-8-20)18-13-11-3-4-12(15)19-14(11)17-9-16-13/h3-4,9-10H,2,5-8H2,1H3,(H3,15,16,17,18,19). The second kappa shape index (κ2) is 6.25. The molecular weight excluding hydrogens is 316 g/mol. The topological polar surface area (TPSA) is 114 Å². The summed E-state index contributed by atoms with van der Waals surface area (Å²) in [5, 5.41) is 4.19. The Bertz CT molecular complexity index is 802. The molecule has 1 aliphatic rings. The monoisotopic (exact) mass is 336 g/mol. The minimum atomic E-state index is -3.10. The molecule has 0 unspecified atom stereocenters. The Hall–Kier alpha value is -2.00. The molecule has 3 N–H and O–H groups in total. The summed E-state index contributed by atoms with van der Waals surface area (Å²) in [7, 11) is -3.10. The zero-order valence-electron chi connectivity index (χ0n) is 12.9. The van der Waals surface area contributed by atoms with Crippen molar-refractivity contribution in [2.24, 2.45) is 0 Å². The first-order valence-electron chi connectivity index (χ1n) is 7.61. The fourth-order valence-electron chi connectivity index (χ4n) is 2.73. The first-order valence-corrected chi connectivity index (χ1v) is 9.22. The highest BCUT2D eigenvalue weighted by molar-refractivity contribution is 7.89. The van der Waals surface area contributed by atoms with Crippen molar-refractivity contribution in [1.82, 2.24) is 19.3 Å². The fraction of sp³-hybridized carbons (Fsp3) is 0.500. The maximum absolute atomic E-state index is 11.9. The number of rotatable bonds is 4. The Kier molecular flexibility index (Phi) is 4.31. The third kappa shape index (κ3) is 3.35. The Morgan fingerprint density at radius 3 is 2.74 bits per heavy atom. The molecule has 2 aromatic rings. The van der Waals surface area contributed by atoms with Gasteiger partial charge in [0.15, 0.2) is 5.65 Å². The Morgan fingerprint density at radius 2 is 2.04 bits per heavy atom. The molecule has 0 aliphatic carbocycles. The van der Waals surface area contributed by atoms with Gasteiger partial charge in [-0.05, 0) is 31.9 Å². The third-order valence-corrected chi connectivity index (χ3v) is 5.95. The van der Waals surface area contributed by atoms with Gasteiger partial charge in [-0.2, -0.15) is 0 Å². The lowest BCUT2D eigenvalue weighted by atomic mass is 10.1. The molecule has 124 valence electrons. The van der Waals surface area contributed by atoms with Gasteiger partial charge >= 0.3 is 0 Å². The highest BCUT2D eigenvalue weighted by atomic mass is 32.2. The number of hydrogen-bond acceptors (Lipinski definition) is 7. The minimum absolute atomic E-state index is 0.148. The molecule has 8 nitrogen and oxygen atoms in total. The van der Waals surface area contributed by atoms with Crippen LogP contribution < -0.4 is 11.1 Å². The average molecular weight is 336 g/mol. The largest absolute Gasteiger partial charge is 0.384 e. The van der Waals surface area contributed by atoms with Gasteiger partial charge in [0.05, 0.1) is 11.1 Å². The van der Waals surface area contributed by atoms with Crippen molar-refractivity contribution < 1.29 is 8.42 Å². The second-order valence-electron chi connectivity index (χ2n) is 5.55. The van der Waals surface area contributed by atoms with E-state index in [4.69, 9.17) is 5.73 Å². The molecule has 2 aromatic heterocycles. The summed E-state index contributed by atoms with van der Waals surface area (Å²) in [6.07, 6.45) is 2.94. The lowest BCUT2D eigenvalue weighted by molar-refractivity contribution is 0.330. The summed E-state index contributed by atoms with van der Waals surface area (Å²) < 4.78 is 25.3. The zero-order chi connectivity index (χ0) is 16.4. The molecule has 0 amide bonds. The highest BCUT2D eigenvalue weighted by Gasteiger charge is 2.27. The van der Waals surface area contributed by atoms with Crippen molar-refractivity contribution in [3.05, 3.63) is 18.5 Å². The van der Waals surface area contributed by atoms with Crippen molar-refractivity contribution in [3.63, 3.8) is 0 Å². The van der Waals surface area contributed by atoms with Crippen LogP contribution in [0.15, 0.2) is 18.5 Å². The van der Waals surface area contributed by atoms with E-state index >= 15 is 0 Å². The van der Waals surface area contributed by atoms with E-state index in [1.165, 1.54) is 6.33 Å². The number of hydrogen-bond donors (Lipinski definition) is 2. The molecule has 3 heterocycles. The minimum Gasteiger partial charge on any atom is -0.384 e. The van der Waals surface area contributed by atoms with Gasteiger partial charge in [-0.3, -0.25) is 0 Å². The van der Waals surface area contributed by atoms with Crippen molar-refractivity contribution in [2.45, 2.75) is 25.8 Å². The predicted octanol–water partition coefficient (Wildman–Crippen LogP) is 0.833. The number of nitrogens with two attached hydrogens (primary N) is 1. The second-order valence-corrected chi connectivity index (χ2v) is 7.81. The Labute approximate surface area is 135 Å². The van der Waals surface area contributed by atoms with Crippen LogP contribution in [0.25, 0.3) is 11.0 Å². The molecule has 23 heavy (non-hydrogen) atoms. The van der Waals surface area contributed by atoms with Crippen LogP contribution in [0.2, 0.25) is 0 Å². The lowest BCUT2D eigenvalue weighted by Gasteiger charge is -2.31. The molecule has 9 heteroatoms. The van der Waals surface area contributed by atoms with Gasteiger partial charge in [-0.1, -0.05) is 0 Å². The maximum atomic E-state index is 11.9. The first kappa shape index (κ1) is 15.9. The summed E-state index contributed by atoms with van der Waals surface area (Å²) in [5.41, 5.74) is 6.22. The highest BCUT2D eigenvalue weighted by Crippen LogP contribution is 2.22. The number of anilines is 2. The number of piperidine rings is 1. The summed E-state index contributed by atoms with van der Waals surface area (Å²) in [5.74, 6) is 1.27. The van der Waals surface area contributed by atoms with Crippen molar-refractivity contribution >= 4 is 32.7 Å². The fourth-order valence-corrected chi connectivity index (χ4v) is 3.86. The molecule has 1 saturated heterocycles. The van der Waals surface area contributed by atoms with Crippen LogP contribution in [-0.4, -0.2) is 52.6 Å². The summed E-state index contributed by atoms with van der Waals surface area (Å²) in [6, 6.07) is 3.73. The van der Waals surface area contributed by atoms with Crippen LogP contribution in [0.5, 0.6) is 0 Å². The van der Waals surface area contributed by atoms with Crippen LogP contribution in [0, 0.1) is 0 Å². The van der Waals surface area contributed by atoms with E-state index in [1.807, 2.05) is 6.07 Å². The number of fused-ring (bicyclic) bond motifs is 1. The number of nitrogens with zero attached hydrogens (tertiary/aromatic N) is 4. The zero-order valence-corrected chi connectivity index (χ0v) is 13.8. The van der Waals surface area contributed by atoms with Gasteiger partial charge in [0, 0.05) is 19.1 Å². The van der Waals surface area contributed by atoms with Crippen LogP contribution in [0.1, 0.15) is 19.8 Å². The predicted molar refractivity (Wildman–Crippen MR) is 89.4 cm³/mol. The molecule has 0 atom stereocenters. The molecule has 0 bridgehead atoms. The smallest absolute Gasteiger partial charge is 0.213 e. The molecule has 3 rings (SSSR count).